The number of hydrogen-bond donors (Lipinski definition) is 2. The van der Waals surface area contributed by atoms with Crippen molar-refractivity contribution < 1.29 is 22.8 Å². The Morgan fingerprint density at radius 1 is 0.923 bits per heavy atom. The topological polar surface area (TPSA) is 58.2 Å². The van der Waals surface area contributed by atoms with Gasteiger partial charge in [0.2, 0.25) is 0 Å². The van der Waals surface area contributed by atoms with Gasteiger partial charge in [-0.05, 0) is 78.1 Å². The maximum absolute atomic E-state index is 13.3. The number of benzene rings is 3. The van der Waals surface area contributed by atoms with E-state index in [0.717, 1.165) is 47.2 Å². The fourth-order valence-electron chi connectivity index (χ4n) is 4.48. The Labute approximate surface area is 229 Å². The Balaban J connectivity index is 1.65. The van der Waals surface area contributed by atoms with Gasteiger partial charge in [0.15, 0.2) is 5.78 Å². The quantitative estimate of drug-likeness (QED) is 0.241. The van der Waals surface area contributed by atoms with Crippen molar-refractivity contribution in [1.82, 2.24) is 5.32 Å². The highest BCUT2D eigenvalue weighted by atomic mass is 19.4. The molecule has 39 heavy (non-hydrogen) atoms. The predicted octanol–water partition coefficient (Wildman–Crippen LogP) is 8.50. The molecule has 0 radical (unpaired) electrons. The first-order chi connectivity index (χ1) is 18.5. The van der Waals surface area contributed by atoms with Gasteiger partial charge in [0.1, 0.15) is 0 Å². The molecule has 0 atom stereocenters. The highest BCUT2D eigenvalue weighted by Gasteiger charge is 2.31. The van der Waals surface area contributed by atoms with Crippen molar-refractivity contribution in [3.63, 3.8) is 0 Å². The maximum Gasteiger partial charge on any atom is 0.416 e. The van der Waals surface area contributed by atoms with Gasteiger partial charge in [-0.3, -0.25) is 4.79 Å². The molecule has 0 aliphatic carbocycles. The van der Waals surface area contributed by atoms with Crippen LogP contribution in [0, 0.1) is 12.8 Å². The van der Waals surface area contributed by atoms with Crippen LogP contribution in [0.25, 0.3) is 0 Å². The fraction of sp³-hybridized carbons (Fsp3) is 0.375. The van der Waals surface area contributed by atoms with E-state index in [-0.39, 0.29) is 18.0 Å². The van der Waals surface area contributed by atoms with Gasteiger partial charge >= 0.3 is 12.2 Å². The molecule has 3 rings (SSSR count). The summed E-state index contributed by atoms with van der Waals surface area (Å²) in [4.78, 5) is 24.7. The van der Waals surface area contributed by atoms with Gasteiger partial charge in [-0.25, -0.2) is 4.79 Å². The third-order valence-corrected chi connectivity index (χ3v) is 6.74. The van der Waals surface area contributed by atoms with Gasteiger partial charge in [0.05, 0.1) is 5.56 Å². The number of nitrogens with one attached hydrogen (secondary N) is 2. The number of halogens is 3. The van der Waals surface area contributed by atoms with E-state index in [1.807, 2.05) is 56.3 Å². The molecular weight excluding hydrogens is 501 g/mol. The lowest BCUT2D eigenvalue weighted by molar-refractivity contribution is -0.137. The second-order valence-electron chi connectivity index (χ2n) is 10.4. The number of Topliss-reactive ketones (excluding diaryl/α,β-unsaturated/α-hetero) is 1. The number of hydrogen-bond acceptors (Lipinski definition) is 2. The van der Waals surface area contributed by atoms with E-state index in [4.69, 9.17) is 0 Å². The summed E-state index contributed by atoms with van der Waals surface area (Å²) >= 11 is 0. The Kier molecular flexibility index (Phi) is 10.3. The van der Waals surface area contributed by atoms with Crippen LogP contribution >= 0.6 is 0 Å². The molecule has 2 N–H and O–H groups in total. The van der Waals surface area contributed by atoms with Gasteiger partial charge in [-0.15, -0.1) is 0 Å². The first-order valence-electron chi connectivity index (χ1n) is 13.4. The summed E-state index contributed by atoms with van der Waals surface area (Å²) in [5.41, 5.74) is 4.87. The molecule has 0 heterocycles. The normalized spacial score (nSPS) is 11.5. The van der Waals surface area contributed by atoms with Crippen molar-refractivity contribution in [2.75, 3.05) is 5.32 Å². The summed E-state index contributed by atoms with van der Waals surface area (Å²) in [7, 11) is 0. The highest BCUT2D eigenvalue weighted by molar-refractivity contribution is 5.96. The first-order valence-corrected chi connectivity index (χ1v) is 13.4. The molecule has 0 saturated heterocycles. The van der Waals surface area contributed by atoms with Crippen molar-refractivity contribution in [3.05, 3.63) is 99.6 Å². The molecule has 7 heteroatoms. The summed E-state index contributed by atoms with van der Waals surface area (Å²) in [5.74, 6) is 0.602. The zero-order chi connectivity index (χ0) is 28.6. The van der Waals surface area contributed by atoms with E-state index >= 15 is 0 Å². The Morgan fingerprint density at radius 2 is 1.67 bits per heavy atom. The monoisotopic (exact) mass is 538 g/mol. The third kappa shape index (κ3) is 8.98. The molecule has 0 aromatic heterocycles. The van der Waals surface area contributed by atoms with E-state index < -0.39 is 17.8 Å². The van der Waals surface area contributed by atoms with Crippen molar-refractivity contribution >= 4 is 17.5 Å². The van der Waals surface area contributed by atoms with Gasteiger partial charge in [0, 0.05) is 24.2 Å². The highest BCUT2D eigenvalue weighted by Crippen LogP contribution is 2.33. The number of aryl methyl sites for hydroxylation is 2. The summed E-state index contributed by atoms with van der Waals surface area (Å²) < 4.78 is 39.9. The molecule has 2 amide bonds. The molecule has 208 valence electrons. The van der Waals surface area contributed by atoms with Crippen LogP contribution in [0.4, 0.5) is 23.7 Å². The Morgan fingerprint density at radius 3 is 2.33 bits per heavy atom. The van der Waals surface area contributed by atoms with E-state index in [0.29, 0.717) is 36.3 Å². The van der Waals surface area contributed by atoms with Crippen LogP contribution < -0.4 is 10.6 Å². The third-order valence-electron chi connectivity index (χ3n) is 6.74. The molecule has 0 fully saturated rings. The largest absolute Gasteiger partial charge is 0.416 e. The zero-order valence-electron chi connectivity index (χ0n) is 23.0. The molecule has 3 aromatic rings. The summed E-state index contributed by atoms with van der Waals surface area (Å²) in [5, 5.41) is 5.39. The average molecular weight is 539 g/mol. The number of anilines is 1. The standard InChI is InChI=1S/C32H37F3N2O2/c1-5-30(38)27-11-7-9-23(18-27)17-26-13-12-24(16-22(26)4)20-36-31(39)37-29-19-28(32(33,34)35)15-14-25(29)10-6-8-21(2)3/h7,9,11-16,18-19,21H,5-6,8,10,17,20H2,1-4H3,(H2,36,37,39). The lowest BCUT2D eigenvalue weighted by Crippen LogP contribution is -2.29. The van der Waals surface area contributed by atoms with Crippen LogP contribution in [0.3, 0.4) is 0 Å². The molecule has 0 saturated carbocycles. The van der Waals surface area contributed by atoms with Gasteiger partial charge in [0.25, 0.3) is 0 Å². The number of amides is 2. The number of alkyl halides is 3. The minimum Gasteiger partial charge on any atom is -0.334 e. The van der Waals surface area contributed by atoms with Gasteiger partial charge in [-0.1, -0.05) is 69.7 Å². The number of ketones is 1. The smallest absolute Gasteiger partial charge is 0.334 e. The molecule has 0 unspecified atom stereocenters. The van der Waals surface area contributed by atoms with Gasteiger partial charge < -0.3 is 10.6 Å². The molecule has 3 aromatic carbocycles. The van der Waals surface area contributed by atoms with Gasteiger partial charge in [-0.2, -0.15) is 13.2 Å². The molecule has 0 bridgehead atoms. The second kappa shape index (κ2) is 13.5. The van der Waals surface area contributed by atoms with Crippen LogP contribution in [0.1, 0.15) is 83.8 Å². The molecule has 4 nitrogen and oxygen atoms in total. The minimum absolute atomic E-state index is 0.112. The molecule has 0 aliphatic rings. The summed E-state index contributed by atoms with van der Waals surface area (Å²) in [6.07, 6.45) is -0.989. The SMILES string of the molecule is CCC(=O)c1cccc(Cc2ccc(CNC(=O)Nc3cc(C(F)(F)F)ccc3CCCC(C)C)cc2C)c1. The van der Waals surface area contributed by atoms with Crippen molar-refractivity contribution in [2.24, 2.45) is 5.92 Å². The average Bonchev–Trinajstić information content (AvgIpc) is 2.88. The van der Waals surface area contributed by atoms with Crippen molar-refractivity contribution in [1.29, 1.82) is 0 Å². The Bertz CT molecular complexity index is 1300. The van der Waals surface area contributed by atoms with Crippen LogP contribution in [-0.4, -0.2) is 11.8 Å². The van der Waals surface area contributed by atoms with Crippen LogP contribution in [0.15, 0.2) is 60.7 Å². The molecular formula is C32H37F3N2O2. The zero-order valence-corrected chi connectivity index (χ0v) is 23.0. The number of urea groups is 1. The lowest BCUT2D eigenvalue weighted by atomic mass is 9.96. The molecule has 0 spiro atoms. The van der Waals surface area contributed by atoms with E-state index in [1.165, 1.54) is 6.07 Å². The van der Waals surface area contributed by atoms with Crippen molar-refractivity contribution in [3.8, 4) is 0 Å². The number of rotatable bonds is 11. The Hall–Kier alpha value is -3.61. The maximum atomic E-state index is 13.3. The summed E-state index contributed by atoms with van der Waals surface area (Å²) in [6.45, 7) is 8.27. The minimum atomic E-state index is -4.49. The molecule has 0 aliphatic heterocycles. The van der Waals surface area contributed by atoms with E-state index in [9.17, 15) is 22.8 Å². The van der Waals surface area contributed by atoms with Crippen LogP contribution in [0.5, 0.6) is 0 Å². The fourth-order valence-corrected chi connectivity index (χ4v) is 4.48. The van der Waals surface area contributed by atoms with E-state index in [1.54, 1.807) is 0 Å². The predicted molar refractivity (Wildman–Crippen MR) is 150 cm³/mol. The second-order valence-corrected chi connectivity index (χ2v) is 10.4. The van der Waals surface area contributed by atoms with Crippen LogP contribution in [-0.2, 0) is 25.6 Å². The first kappa shape index (κ1) is 29.9. The number of carbonyl (C=O) groups excluding carboxylic acids is 2. The number of carbonyl (C=O) groups is 2. The summed E-state index contributed by atoms with van der Waals surface area (Å²) in [6, 6.07) is 16.5. The van der Waals surface area contributed by atoms with Crippen molar-refractivity contribution in [2.45, 2.75) is 72.5 Å². The van der Waals surface area contributed by atoms with E-state index in [2.05, 4.69) is 24.5 Å². The van der Waals surface area contributed by atoms with Crippen LogP contribution in [0.2, 0.25) is 0 Å². The lowest BCUT2D eigenvalue weighted by Gasteiger charge is -2.16.